The Hall–Kier alpha value is -3.17. The number of aryl methyl sites for hydroxylation is 2. The average Bonchev–Trinajstić information content (AvgIpc) is 2.90. The zero-order valence-corrected chi connectivity index (χ0v) is 27.8. The van der Waals surface area contributed by atoms with Crippen molar-refractivity contribution in [2.45, 2.75) is 72.0 Å². The van der Waals surface area contributed by atoms with Crippen LogP contribution in [-0.4, -0.2) is 49.5 Å². The van der Waals surface area contributed by atoms with Crippen molar-refractivity contribution in [3.63, 3.8) is 0 Å². The van der Waals surface area contributed by atoms with Gasteiger partial charge in [-0.1, -0.05) is 70.5 Å². The van der Waals surface area contributed by atoms with Crippen LogP contribution in [0.2, 0.25) is 0 Å². The summed E-state index contributed by atoms with van der Waals surface area (Å²) in [6.45, 7) is 9.93. The minimum Gasteiger partial charge on any atom is -0.350 e. The van der Waals surface area contributed by atoms with E-state index in [2.05, 4.69) is 21.2 Å². The molecule has 1 atom stereocenters. The van der Waals surface area contributed by atoms with E-state index in [1.54, 1.807) is 4.90 Å². The second kappa shape index (κ2) is 14.3. The molecule has 0 aromatic heterocycles. The smallest absolute Gasteiger partial charge is 0.243 e. The van der Waals surface area contributed by atoms with Crippen LogP contribution in [0.3, 0.4) is 0 Å². The van der Waals surface area contributed by atoms with Crippen LogP contribution in [0.15, 0.2) is 77.3 Å². The Kier molecular flexibility index (Phi) is 11.4. The van der Waals surface area contributed by atoms with E-state index < -0.39 is 21.6 Å². The lowest BCUT2D eigenvalue weighted by molar-refractivity contribution is -0.142. The van der Waals surface area contributed by atoms with Gasteiger partial charge in [0.2, 0.25) is 21.8 Å². The number of halogens is 1. The molecule has 3 aromatic carbocycles. The topological polar surface area (TPSA) is 86.8 Å². The maximum absolute atomic E-state index is 14.0. The standard InChI is InChI=1S/C33H42BrN3O4S/c1-24-14-15-25(2)29(21-24)37(42(6,40)41)20-10-13-31(38)36(23-27-16-18-28(34)19-17-27)30(32(39)35-33(3,4)5)22-26-11-8-7-9-12-26/h7-9,11-12,14-19,21,30H,10,13,20,22-23H2,1-6H3,(H,35,39)/t30-/m0/s1. The molecule has 7 nitrogen and oxygen atoms in total. The number of rotatable bonds is 12. The van der Waals surface area contributed by atoms with Gasteiger partial charge in [-0.15, -0.1) is 0 Å². The van der Waals surface area contributed by atoms with E-state index >= 15 is 0 Å². The van der Waals surface area contributed by atoms with Gasteiger partial charge >= 0.3 is 0 Å². The molecular weight excluding hydrogens is 614 g/mol. The first-order chi connectivity index (χ1) is 19.6. The molecule has 0 bridgehead atoms. The van der Waals surface area contributed by atoms with Crippen molar-refractivity contribution in [3.05, 3.63) is 99.5 Å². The number of sulfonamides is 1. The molecule has 9 heteroatoms. The van der Waals surface area contributed by atoms with Crippen molar-refractivity contribution in [1.82, 2.24) is 10.2 Å². The van der Waals surface area contributed by atoms with Crippen LogP contribution in [0.5, 0.6) is 0 Å². The molecule has 0 unspecified atom stereocenters. The maximum atomic E-state index is 14.0. The predicted octanol–water partition coefficient (Wildman–Crippen LogP) is 6.17. The van der Waals surface area contributed by atoms with Gasteiger partial charge in [-0.05, 0) is 81.5 Å². The van der Waals surface area contributed by atoms with Crippen LogP contribution in [-0.2, 0) is 32.6 Å². The third-order valence-corrected chi connectivity index (χ3v) is 8.53. The number of hydrogen-bond donors (Lipinski definition) is 1. The van der Waals surface area contributed by atoms with E-state index in [9.17, 15) is 18.0 Å². The molecule has 0 aliphatic rings. The Bertz CT molecular complexity index is 1470. The van der Waals surface area contributed by atoms with Crippen molar-refractivity contribution < 1.29 is 18.0 Å². The van der Waals surface area contributed by atoms with Gasteiger partial charge in [0, 0.05) is 35.9 Å². The van der Waals surface area contributed by atoms with E-state index in [1.165, 1.54) is 10.6 Å². The first-order valence-electron chi connectivity index (χ1n) is 14.1. The van der Waals surface area contributed by atoms with E-state index in [0.717, 1.165) is 26.7 Å². The zero-order valence-electron chi connectivity index (χ0n) is 25.4. The third kappa shape index (κ3) is 9.98. The molecule has 3 rings (SSSR count). The lowest BCUT2D eigenvalue weighted by atomic mass is 10.00. The van der Waals surface area contributed by atoms with Gasteiger partial charge in [0.1, 0.15) is 6.04 Å². The Labute approximate surface area is 259 Å². The summed E-state index contributed by atoms with van der Waals surface area (Å²) >= 11 is 3.46. The summed E-state index contributed by atoms with van der Waals surface area (Å²) in [7, 11) is -3.58. The summed E-state index contributed by atoms with van der Waals surface area (Å²) in [5, 5.41) is 3.07. The van der Waals surface area contributed by atoms with E-state index in [4.69, 9.17) is 0 Å². The highest BCUT2D eigenvalue weighted by Gasteiger charge is 2.32. The first-order valence-corrected chi connectivity index (χ1v) is 16.7. The van der Waals surface area contributed by atoms with Gasteiger partial charge < -0.3 is 10.2 Å². The molecule has 3 aromatic rings. The summed E-state index contributed by atoms with van der Waals surface area (Å²) in [4.78, 5) is 29.3. The Morgan fingerprint density at radius 1 is 0.929 bits per heavy atom. The SMILES string of the molecule is Cc1ccc(C)c(N(CCCC(=O)N(Cc2ccc(Br)cc2)[C@@H](Cc2ccccc2)C(=O)NC(C)(C)C)S(C)(=O)=O)c1. The van der Waals surface area contributed by atoms with E-state index in [0.29, 0.717) is 18.5 Å². The van der Waals surface area contributed by atoms with Gasteiger partial charge in [0.05, 0.1) is 11.9 Å². The fraction of sp³-hybridized carbons (Fsp3) is 0.394. The minimum atomic E-state index is -3.58. The first kappa shape index (κ1) is 33.3. The number of nitrogens with one attached hydrogen (secondary N) is 1. The predicted molar refractivity (Wildman–Crippen MR) is 174 cm³/mol. The van der Waals surface area contributed by atoms with Gasteiger partial charge in [-0.25, -0.2) is 8.42 Å². The molecule has 0 saturated heterocycles. The lowest BCUT2D eigenvalue weighted by Crippen LogP contribution is -2.54. The Morgan fingerprint density at radius 3 is 2.17 bits per heavy atom. The number of carbonyl (C=O) groups is 2. The summed E-state index contributed by atoms with van der Waals surface area (Å²) < 4.78 is 27.9. The van der Waals surface area contributed by atoms with Gasteiger partial charge in [0.15, 0.2) is 0 Å². The molecule has 0 fully saturated rings. The molecule has 0 spiro atoms. The molecule has 42 heavy (non-hydrogen) atoms. The van der Waals surface area contributed by atoms with Crippen LogP contribution in [0.1, 0.15) is 55.9 Å². The number of nitrogens with zero attached hydrogens (tertiary/aromatic N) is 2. The van der Waals surface area contributed by atoms with E-state index in [1.807, 2.05) is 107 Å². The Morgan fingerprint density at radius 2 is 1.57 bits per heavy atom. The molecule has 2 amide bonds. The molecule has 0 saturated carbocycles. The number of hydrogen-bond acceptors (Lipinski definition) is 4. The molecule has 226 valence electrons. The summed E-state index contributed by atoms with van der Waals surface area (Å²) in [5.74, 6) is -0.442. The number of carbonyl (C=O) groups excluding carboxylic acids is 2. The van der Waals surface area contributed by atoms with Crippen molar-refractivity contribution in [1.29, 1.82) is 0 Å². The van der Waals surface area contributed by atoms with E-state index in [-0.39, 0.29) is 31.3 Å². The van der Waals surface area contributed by atoms with Crippen LogP contribution in [0, 0.1) is 13.8 Å². The number of benzene rings is 3. The molecule has 0 aliphatic carbocycles. The molecule has 0 aliphatic heterocycles. The number of anilines is 1. The lowest BCUT2D eigenvalue weighted by Gasteiger charge is -2.34. The normalized spacial score (nSPS) is 12.5. The van der Waals surface area contributed by atoms with Crippen molar-refractivity contribution in [2.75, 3.05) is 17.1 Å². The van der Waals surface area contributed by atoms with Crippen LogP contribution >= 0.6 is 15.9 Å². The van der Waals surface area contributed by atoms with Crippen molar-refractivity contribution in [2.24, 2.45) is 0 Å². The third-order valence-electron chi connectivity index (χ3n) is 6.82. The minimum absolute atomic E-state index is 0.0848. The van der Waals surface area contributed by atoms with Crippen LogP contribution < -0.4 is 9.62 Å². The van der Waals surface area contributed by atoms with Crippen molar-refractivity contribution >= 4 is 43.5 Å². The zero-order chi connectivity index (χ0) is 31.1. The highest BCUT2D eigenvalue weighted by Crippen LogP contribution is 2.25. The second-order valence-corrected chi connectivity index (χ2v) is 14.6. The second-order valence-electron chi connectivity index (χ2n) is 11.8. The van der Waals surface area contributed by atoms with Crippen LogP contribution in [0.4, 0.5) is 5.69 Å². The molecule has 0 heterocycles. The molecular formula is C33H42BrN3O4S. The maximum Gasteiger partial charge on any atom is 0.243 e. The van der Waals surface area contributed by atoms with Gasteiger partial charge in [-0.2, -0.15) is 0 Å². The summed E-state index contributed by atoms with van der Waals surface area (Å²) in [6, 6.07) is 22.3. The fourth-order valence-corrected chi connectivity index (χ4v) is 6.04. The van der Waals surface area contributed by atoms with Gasteiger partial charge in [-0.3, -0.25) is 13.9 Å². The van der Waals surface area contributed by atoms with Gasteiger partial charge in [0.25, 0.3) is 0 Å². The van der Waals surface area contributed by atoms with Crippen LogP contribution in [0.25, 0.3) is 0 Å². The monoisotopic (exact) mass is 655 g/mol. The highest BCUT2D eigenvalue weighted by atomic mass is 79.9. The fourth-order valence-electron chi connectivity index (χ4n) is 4.76. The largest absolute Gasteiger partial charge is 0.350 e. The van der Waals surface area contributed by atoms with Crippen molar-refractivity contribution in [3.8, 4) is 0 Å². The molecule has 1 N–H and O–H groups in total. The average molecular weight is 657 g/mol. The number of amides is 2. The quantitative estimate of drug-likeness (QED) is 0.253. The summed E-state index contributed by atoms with van der Waals surface area (Å²) in [6.07, 6.45) is 1.92. The Balaban J connectivity index is 1.92. The highest BCUT2D eigenvalue weighted by molar-refractivity contribution is 9.10. The summed E-state index contributed by atoms with van der Waals surface area (Å²) in [5.41, 5.74) is 3.76. The molecule has 0 radical (unpaired) electrons.